The van der Waals surface area contributed by atoms with Gasteiger partial charge >= 0.3 is 6.03 Å². The number of unbranched alkanes of at least 4 members (excludes halogenated alkanes) is 2. The summed E-state index contributed by atoms with van der Waals surface area (Å²) in [4.78, 5) is 21.5. The average molecular weight is 211 g/mol. The van der Waals surface area contributed by atoms with E-state index < -0.39 is 18.0 Å². The Morgan fingerprint density at radius 2 is 2.13 bits per heavy atom. The van der Waals surface area contributed by atoms with Crippen LogP contribution >= 0.6 is 0 Å². The second-order valence-corrected chi connectivity index (χ2v) is 3.19. The van der Waals surface area contributed by atoms with Crippen molar-refractivity contribution < 1.29 is 9.59 Å². The van der Waals surface area contributed by atoms with Crippen molar-refractivity contribution in [3.63, 3.8) is 0 Å². The number of hydrogen-bond acceptors (Lipinski definition) is 3. The number of carbonyl (C=O) groups is 2. The van der Waals surface area contributed by atoms with E-state index in [-0.39, 0.29) is 0 Å². The van der Waals surface area contributed by atoms with Gasteiger partial charge in [0, 0.05) is 6.42 Å². The Hall–Kier alpha value is -1.54. The van der Waals surface area contributed by atoms with Crippen molar-refractivity contribution in [1.82, 2.24) is 10.6 Å². The minimum Gasteiger partial charge on any atom is -0.351 e. The van der Waals surface area contributed by atoms with Crippen molar-refractivity contribution in [3.8, 4) is 12.3 Å². The topological polar surface area (TPSA) is 84.2 Å². The van der Waals surface area contributed by atoms with Gasteiger partial charge in [-0.05, 0) is 26.3 Å². The van der Waals surface area contributed by atoms with E-state index in [2.05, 4.69) is 11.2 Å². The first-order valence-electron chi connectivity index (χ1n) is 4.85. The van der Waals surface area contributed by atoms with Crippen molar-refractivity contribution in [3.05, 3.63) is 0 Å². The molecular formula is C10H17N3O2. The maximum atomic E-state index is 11.2. The summed E-state index contributed by atoms with van der Waals surface area (Å²) in [7, 11) is 0. The molecule has 0 aromatic rings. The van der Waals surface area contributed by atoms with Gasteiger partial charge in [0.1, 0.15) is 0 Å². The van der Waals surface area contributed by atoms with Gasteiger partial charge in [-0.2, -0.15) is 0 Å². The number of urea groups is 1. The predicted molar refractivity (Wildman–Crippen MR) is 57.9 cm³/mol. The fourth-order valence-electron chi connectivity index (χ4n) is 0.993. The fraction of sp³-hybridized carbons (Fsp3) is 0.600. The molecule has 15 heavy (non-hydrogen) atoms. The van der Waals surface area contributed by atoms with E-state index in [4.69, 9.17) is 12.2 Å². The van der Waals surface area contributed by atoms with E-state index in [0.29, 0.717) is 6.54 Å². The van der Waals surface area contributed by atoms with Crippen molar-refractivity contribution in [2.45, 2.75) is 32.2 Å². The van der Waals surface area contributed by atoms with Crippen molar-refractivity contribution in [2.75, 3.05) is 6.54 Å². The molecule has 5 heteroatoms. The number of amides is 3. The first-order valence-corrected chi connectivity index (χ1v) is 4.85. The molecule has 0 saturated heterocycles. The summed E-state index contributed by atoms with van der Waals surface area (Å²) in [5.41, 5.74) is 4.80. The quantitative estimate of drug-likeness (QED) is 0.426. The zero-order valence-electron chi connectivity index (χ0n) is 8.88. The number of primary amides is 1. The summed E-state index contributed by atoms with van der Waals surface area (Å²) in [6.07, 6.45) is 7.65. The summed E-state index contributed by atoms with van der Waals surface area (Å²) in [5.74, 6) is 2.12. The SMILES string of the molecule is C#CCCCCNC(C)C(=O)NC(N)=O. The molecular weight excluding hydrogens is 194 g/mol. The number of rotatable bonds is 6. The molecule has 1 atom stereocenters. The van der Waals surface area contributed by atoms with Crippen LogP contribution in [0.3, 0.4) is 0 Å². The van der Waals surface area contributed by atoms with Crippen LogP contribution in [0.1, 0.15) is 26.2 Å². The van der Waals surface area contributed by atoms with Crippen LogP contribution in [-0.4, -0.2) is 24.5 Å². The average Bonchev–Trinajstić information content (AvgIpc) is 2.16. The van der Waals surface area contributed by atoms with Gasteiger partial charge < -0.3 is 11.1 Å². The van der Waals surface area contributed by atoms with Crippen LogP contribution in [0.4, 0.5) is 4.79 Å². The molecule has 0 saturated carbocycles. The predicted octanol–water partition coefficient (Wildman–Crippen LogP) is -0.0371. The molecule has 4 N–H and O–H groups in total. The number of hydrogen-bond donors (Lipinski definition) is 3. The molecule has 0 radical (unpaired) electrons. The largest absolute Gasteiger partial charge is 0.351 e. The Labute approximate surface area is 89.8 Å². The van der Waals surface area contributed by atoms with E-state index in [1.165, 1.54) is 0 Å². The highest BCUT2D eigenvalue weighted by Crippen LogP contribution is 1.92. The fourth-order valence-corrected chi connectivity index (χ4v) is 0.993. The molecule has 0 aliphatic rings. The third-order valence-electron chi connectivity index (χ3n) is 1.84. The Balaban J connectivity index is 3.56. The first-order chi connectivity index (χ1) is 7.07. The van der Waals surface area contributed by atoms with E-state index in [0.717, 1.165) is 19.3 Å². The molecule has 0 aliphatic carbocycles. The van der Waals surface area contributed by atoms with Crippen LogP contribution in [0.15, 0.2) is 0 Å². The number of imide groups is 1. The molecule has 0 heterocycles. The molecule has 0 aromatic heterocycles. The zero-order chi connectivity index (χ0) is 11.7. The monoisotopic (exact) mass is 211 g/mol. The van der Waals surface area contributed by atoms with Gasteiger partial charge in [-0.1, -0.05) is 0 Å². The van der Waals surface area contributed by atoms with Crippen LogP contribution in [0.2, 0.25) is 0 Å². The zero-order valence-corrected chi connectivity index (χ0v) is 8.88. The second-order valence-electron chi connectivity index (χ2n) is 3.19. The van der Waals surface area contributed by atoms with E-state index >= 15 is 0 Å². The number of nitrogens with two attached hydrogens (primary N) is 1. The highest BCUT2D eigenvalue weighted by molar-refractivity contribution is 5.96. The van der Waals surface area contributed by atoms with Crippen molar-refractivity contribution in [1.29, 1.82) is 0 Å². The minimum absolute atomic E-state index is 0.417. The van der Waals surface area contributed by atoms with Crippen LogP contribution in [-0.2, 0) is 4.79 Å². The Morgan fingerprint density at radius 3 is 2.67 bits per heavy atom. The van der Waals surface area contributed by atoms with Crippen molar-refractivity contribution in [2.24, 2.45) is 5.73 Å². The standard InChI is InChI=1S/C10H17N3O2/c1-3-4-5-6-7-12-8(2)9(14)13-10(11)15/h1,8,12H,4-7H2,2H3,(H3,11,13,14,15). The Morgan fingerprint density at radius 1 is 1.47 bits per heavy atom. The van der Waals surface area contributed by atoms with Gasteiger partial charge in [0.05, 0.1) is 6.04 Å². The maximum Gasteiger partial charge on any atom is 0.318 e. The summed E-state index contributed by atoms with van der Waals surface area (Å²) in [5, 5.41) is 4.96. The molecule has 0 fully saturated rings. The van der Waals surface area contributed by atoms with Gasteiger partial charge in [-0.15, -0.1) is 12.3 Å². The van der Waals surface area contributed by atoms with E-state index in [1.807, 2.05) is 5.32 Å². The molecule has 0 spiro atoms. The summed E-state index contributed by atoms with van der Waals surface area (Å²) >= 11 is 0. The smallest absolute Gasteiger partial charge is 0.318 e. The minimum atomic E-state index is -0.832. The molecule has 1 unspecified atom stereocenters. The highest BCUT2D eigenvalue weighted by atomic mass is 16.2. The third-order valence-corrected chi connectivity index (χ3v) is 1.84. The summed E-state index contributed by atoms with van der Waals surface area (Å²) in [6.45, 7) is 2.36. The van der Waals surface area contributed by atoms with Crippen LogP contribution in [0.5, 0.6) is 0 Å². The van der Waals surface area contributed by atoms with E-state index in [1.54, 1.807) is 6.92 Å². The van der Waals surface area contributed by atoms with Crippen molar-refractivity contribution >= 4 is 11.9 Å². The molecule has 0 aromatic carbocycles. The third kappa shape index (κ3) is 7.52. The lowest BCUT2D eigenvalue weighted by Gasteiger charge is -2.11. The first kappa shape index (κ1) is 13.5. The molecule has 5 nitrogen and oxygen atoms in total. The van der Waals surface area contributed by atoms with Gasteiger partial charge in [0.15, 0.2) is 0 Å². The Bertz CT molecular complexity index is 258. The molecule has 3 amide bonds. The summed E-state index contributed by atoms with van der Waals surface area (Å²) < 4.78 is 0. The van der Waals surface area contributed by atoms with Gasteiger partial charge in [0.25, 0.3) is 0 Å². The maximum absolute atomic E-state index is 11.2. The van der Waals surface area contributed by atoms with Crippen LogP contribution in [0, 0.1) is 12.3 Å². The lowest BCUT2D eigenvalue weighted by atomic mass is 10.2. The number of carbonyl (C=O) groups excluding carboxylic acids is 2. The number of terminal acetylenes is 1. The van der Waals surface area contributed by atoms with Crippen LogP contribution < -0.4 is 16.4 Å². The molecule has 0 bridgehead atoms. The lowest BCUT2D eigenvalue weighted by Crippen LogP contribution is -2.46. The number of nitrogens with one attached hydrogen (secondary N) is 2. The highest BCUT2D eigenvalue weighted by Gasteiger charge is 2.12. The molecule has 0 aliphatic heterocycles. The molecule has 84 valence electrons. The normalized spacial score (nSPS) is 11.5. The molecule has 0 rings (SSSR count). The lowest BCUT2D eigenvalue weighted by molar-refractivity contribution is -0.121. The van der Waals surface area contributed by atoms with Gasteiger partial charge in [-0.25, -0.2) is 4.79 Å². The van der Waals surface area contributed by atoms with Gasteiger partial charge in [-0.3, -0.25) is 10.1 Å². The Kier molecular flexibility index (Phi) is 7.02. The second kappa shape index (κ2) is 7.83. The van der Waals surface area contributed by atoms with E-state index in [9.17, 15) is 9.59 Å². The van der Waals surface area contributed by atoms with Crippen LogP contribution in [0.25, 0.3) is 0 Å². The van der Waals surface area contributed by atoms with Gasteiger partial charge in [0.2, 0.25) is 5.91 Å². The summed E-state index contributed by atoms with van der Waals surface area (Å²) in [6, 6.07) is -1.26.